The lowest BCUT2D eigenvalue weighted by atomic mass is 10.2. The van der Waals surface area contributed by atoms with E-state index in [1.165, 1.54) is 0 Å². The Balaban J connectivity index is 2.28. The van der Waals surface area contributed by atoms with Gasteiger partial charge in [-0.2, -0.15) is 0 Å². The van der Waals surface area contributed by atoms with E-state index in [1.807, 2.05) is 0 Å². The maximum atomic E-state index is 12.5. The van der Waals surface area contributed by atoms with Crippen LogP contribution in [0.25, 0.3) is 0 Å². The molecule has 0 radical (unpaired) electrons. The van der Waals surface area contributed by atoms with Crippen LogP contribution in [0.4, 0.5) is 0 Å². The molecule has 0 fully saturated rings. The van der Waals surface area contributed by atoms with Gasteiger partial charge in [-0.25, -0.2) is 8.42 Å². The van der Waals surface area contributed by atoms with Gasteiger partial charge in [-0.15, -0.1) is 0 Å². The Morgan fingerprint density at radius 1 is 0.714 bits per heavy atom. The zero-order valence-electron chi connectivity index (χ0n) is 12.1. The Kier molecular flexibility index (Phi) is 5.12. The average Bonchev–Trinajstić information content (AvgIpc) is 2.49. The lowest BCUT2D eigenvalue weighted by molar-refractivity contribution is 0.185. The molecule has 4 nitrogen and oxygen atoms in total. The minimum Gasteiger partial charge on any atom is -0.380 e. The summed E-state index contributed by atoms with van der Waals surface area (Å²) < 4.78 is 35.0. The SMILES string of the molecule is COCc1ccc(S(=O)(=O)c2ccc(COC)cc2)cc1. The van der Waals surface area contributed by atoms with Crippen molar-refractivity contribution in [3.05, 3.63) is 59.7 Å². The number of benzene rings is 2. The van der Waals surface area contributed by atoms with Crippen molar-refractivity contribution in [3.63, 3.8) is 0 Å². The maximum absolute atomic E-state index is 12.5. The normalized spacial score (nSPS) is 11.5. The van der Waals surface area contributed by atoms with Gasteiger partial charge in [0.2, 0.25) is 9.84 Å². The molecule has 0 N–H and O–H groups in total. The standard InChI is InChI=1S/C16H18O4S/c1-19-11-13-3-7-15(8-4-13)21(17,18)16-9-5-14(6-10-16)12-20-2/h3-10H,11-12H2,1-2H3. The average molecular weight is 306 g/mol. The quantitative estimate of drug-likeness (QED) is 0.823. The number of sulfone groups is 1. The van der Waals surface area contributed by atoms with Crippen LogP contribution in [0.5, 0.6) is 0 Å². The summed E-state index contributed by atoms with van der Waals surface area (Å²) >= 11 is 0. The summed E-state index contributed by atoms with van der Waals surface area (Å²) in [6, 6.07) is 13.5. The third-order valence-corrected chi connectivity index (χ3v) is 4.87. The maximum Gasteiger partial charge on any atom is 0.206 e. The van der Waals surface area contributed by atoms with Crippen molar-refractivity contribution >= 4 is 9.84 Å². The zero-order valence-corrected chi connectivity index (χ0v) is 12.9. The predicted molar refractivity (Wildman–Crippen MR) is 79.8 cm³/mol. The molecule has 0 heterocycles. The molecule has 0 atom stereocenters. The Morgan fingerprint density at radius 3 is 1.33 bits per heavy atom. The predicted octanol–water partition coefficient (Wildman–Crippen LogP) is 2.81. The monoisotopic (exact) mass is 306 g/mol. The summed E-state index contributed by atoms with van der Waals surface area (Å²) in [4.78, 5) is 0.559. The largest absolute Gasteiger partial charge is 0.380 e. The molecule has 0 spiro atoms. The molecule has 0 bridgehead atoms. The van der Waals surface area contributed by atoms with Crippen LogP contribution in [0.15, 0.2) is 58.3 Å². The molecule has 5 heteroatoms. The fraction of sp³-hybridized carbons (Fsp3) is 0.250. The molecule has 21 heavy (non-hydrogen) atoms. The first-order valence-electron chi connectivity index (χ1n) is 6.49. The van der Waals surface area contributed by atoms with Crippen molar-refractivity contribution in [3.8, 4) is 0 Å². The van der Waals surface area contributed by atoms with Gasteiger partial charge in [0.25, 0.3) is 0 Å². The van der Waals surface area contributed by atoms with Crippen molar-refractivity contribution in [1.82, 2.24) is 0 Å². The topological polar surface area (TPSA) is 52.6 Å². The molecule has 0 amide bonds. The number of hydrogen-bond donors (Lipinski definition) is 0. The molecule has 0 aliphatic rings. The first-order chi connectivity index (χ1) is 10.1. The van der Waals surface area contributed by atoms with Gasteiger partial charge in [0.1, 0.15) is 0 Å². The van der Waals surface area contributed by atoms with Crippen LogP contribution in [-0.2, 0) is 32.5 Å². The van der Waals surface area contributed by atoms with E-state index in [1.54, 1.807) is 62.8 Å². The van der Waals surface area contributed by atoms with Gasteiger partial charge in [0.05, 0.1) is 23.0 Å². The van der Waals surface area contributed by atoms with Crippen molar-refractivity contribution in [2.45, 2.75) is 23.0 Å². The van der Waals surface area contributed by atoms with Gasteiger partial charge in [0.15, 0.2) is 0 Å². The van der Waals surface area contributed by atoms with Crippen LogP contribution in [0.1, 0.15) is 11.1 Å². The van der Waals surface area contributed by atoms with Gasteiger partial charge in [-0.1, -0.05) is 24.3 Å². The van der Waals surface area contributed by atoms with Crippen LogP contribution in [0.2, 0.25) is 0 Å². The molecule has 0 saturated heterocycles. The van der Waals surface area contributed by atoms with Crippen molar-refractivity contribution in [1.29, 1.82) is 0 Å². The van der Waals surface area contributed by atoms with E-state index < -0.39 is 9.84 Å². The molecule has 112 valence electrons. The van der Waals surface area contributed by atoms with Gasteiger partial charge >= 0.3 is 0 Å². The van der Waals surface area contributed by atoms with Crippen molar-refractivity contribution in [2.24, 2.45) is 0 Å². The molecule has 0 aromatic heterocycles. The minimum absolute atomic E-state index is 0.279. The van der Waals surface area contributed by atoms with E-state index in [0.29, 0.717) is 13.2 Å². The van der Waals surface area contributed by atoms with Gasteiger partial charge in [-0.3, -0.25) is 0 Å². The zero-order chi connectivity index (χ0) is 15.3. The molecule has 2 aromatic rings. The smallest absolute Gasteiger partial charge is 0.206 e. The highest BCUT2D eigenvalue weighted by Gasteiger charge is 2.17. The first-order valence-corrected chi connectivity index (χ1v) is 7.97. The van der Waals surface area contributed by atoms with E-state index in [-0.39, 0.29) is 9.79 Å². The molecule has 2 rings (SSSR count). The highest BCUT2D eigenvalue weighted by Crippen LogP contribution is 2.22. The third kappa shape index (κ3) is 3.69. The molecule has 0 unspecified atom stereocenters. The van der Waals surface area contributed by atoms with E-state index in [0.717, 1.165) is 11.1 Å². The van der Waals surface area contributed by atoms with Gasteiger partial charge < -0.3 is 9.47 Å². The second-order valence-corrected chi connectivity index (χ2v) is 6.61. The molecule has 0 saturated carbocycles. The lowest BCUT2D eigenvalue weighted by Gasteiger charge is -2.07. The van der Waals surface area contributed by atoms with E-state index in [9.17, 15) is 8.42 Å². The number of methoxy groups -OCH3 is 2. The highest BCUT2D eigenvalue weighted by atomic mass is 32.2. The second kappa shape index (κ2) is 6.85. The number of rotatable bonds is 6. The third-order valence-electron chi connectivity index (χ3n) is 3.09. The Morgan fingerprint density at radius 2 is 1.05 bits per heavy atom. The van der Waals surface area contributed by atoms with Crippen LogP contribution < -0.4 is 0 Å². The Bertz CT molecular complexity index is 618. The minimum atomic E-state index is -3.48. The van der Waals surface area contributed by atoms with Crippen molar-refractivity contribution < 1.29 is 17.9 Å². The van der Waals surface area contributed by atoms with Gasteiger partial charge in [-0.05, 0) is 35.4 Å². The summed E-state index contributed by atoms with van der Waals surface area (Å²) in [5.41, 5.74) is 1.87. The number of hydrogen-bond acceptors (Lipinski definition) is 4. The lowest BCUT2D eigenvalue weighted by Crippen LogP contribution is -2.02. The van der Waals surface area contributed by atoms with Gasteiger partial charge in [0, 0.05) is 14.2 Å². The van der Waals surface area contributed by atoms with E-state index in [2.05, 4.69) is 0 Å². The van der Waals surface area contributed by atoms with Crippen LogP contribution in [0.3, 0.4) is 0 Å². The Hall–Kier alpha value is -1.69. The fourth-order valence-corrected chi connectivity index (χ4v) is 3.26. The molecule has 2 aromatic carbocycles. The van der Waals surface area contributed by atoms with E-state index in [4.69, 9.17) is 9.47 Å². The fourth-order valence-electron chi connectivity index (χ4n) is 2.00. The molecule has 0 aliphatic heterocycles. The summed E-state index contributed by atoms with van der Waals surface area (Å²) in [6.07, 6.45) is 0. The van der Waals surface area contributed by atoms with Crippen molar-refractivity contribution in [2.75, 3.05) is 14.2 Å². The summed E-state index contributed by atoms with van der Waals surface area (Å²) in [5.74, 6) is 0. The Labute approximate surface area is 125 Å². The molecular formula is C16H18O4S. The highest BCUT2D eigenvalue weighted by molar-refractivity contribution is 7.91. The first kappa shape index (κ1) is 15.7. The van der Waals surface area contributed by atoms with E-state index >= 15 is 0 Å². The summed E-state index contributed by atoms with van der Waals surface area (Å²) in [6.45, 7) is 0.929. The molecular weight excluding hydrogens is 288 g/mol. The molecule has 0 aliphatic carbocycles. The number of ether oxygens (including phenoxy) is 2. The van der Waals surface area contributed by atoms with Crippen LogP contribution >= 0.6 is 0 Å². The summed E-state index contributed by atoms with van der Waals surface area (Å²) in [5, 5.41) is 0. The second-order valence-electron chi connectivity index (χ2n) is 4.66. The summed E-state index contributed by atoms with van der Waals surface area (Å²) in [7, 11) is -0.277. The van der Waals surface area contributed by atoms with Crippen LogP contribution in [-0.4, -0.2) is 22.6 Å². The van der Waals surface area contributed by atoms with Crippen LogP contribution in [0, 0.1) is 0 Å².